The van der Waals surface area contributed by atoms with Gasteiger partial charge >= 0.3 is 12.1 Å². The zero-order valence-corrected chi connectivity index (χ0v) is 22.9. The van der Waals surface area contributed by atoms with Crippen molar-refractivity contribution in [2.75, 3.05) is 29.8 Å². The molecule has 41 heavy (non-hydrogen) atoms. The van der Waals surface area contributed by atoms with Crippen molar-refractivity contribution in [1.29, 1.82) is 0 Å². The Morgan fingerprint density at radius 3 is 2.24 bits per heavy atom. The van der Waals surface area contributed by atoms with Gasteiger partial charge in [-0.2, -0.15) is 26.0 Å². The molecule has 9 nitrogen and oxygen atoms in total. The largest absolute Gasteiger partial charge is 0.490 e. The summed E-state index contributed by atoms with van der Waals surface area (Å²) in [4.78, 5) is 20.8. The lowest BCUT2D eigenvalue weighted by Crippen LogP contribution is -2.43. The van der Waals surface area contributed by atoms with Crippen LogP contribution in [-0.4, -0.2) is 66.7 Å². The number of aryl methyl sites for hydroxylation is 1. The van der Waals surface area contributed by atoms with Gasteiger partial charge in [0.2, 0.25) is 11.0 Å². The van der Waals surface area contributed by atoms with Gasteiger partial charge in [0.25, 0.3) is 10.0 Å². The molecule has 1 saturated heterocycles. The molecule has 2 N–H and O–H groups in total. The summed E-state index contributed by atoms with van der Waals surface area (Å²) in [7, 11) is -2.50. The number of sulfonamides is 1. The Labute approximate surface area is 233 Å². The number of carboxylic acid groups (broad SMARTS) is 1. The molecule has 3 aromatic rings. The molecule has 15 heteroatoms. The van der Waals surface area contributed by atoms with Gasteiger partial charge in [-0.05, 0) is 37.5 Å². The molecular formula is C26H28F5N5O4S. The summed E-state index contributed by atoms with van der Waals surface area (Å²) in [5.74, 6) is -4.83. The number of carboxylic acids is 1. The van der Waals surface area contributed by atoms with Crippen LogP contribution in [0.3, 0.4) is 0 Å². The lowest BCUT2D eigenvalue weighted by Gasteiger charge is -2.38. The van der Waals surface area contributed by atoms with Crippen LogP contribution in [0.5, 0.6) is 0 Å². The number of nitrogens with one attached hydrogen (secondary N) is 1. The van der Waals surface area contributed by atoms with E-state index < -0.39 is 39.0 Å². The molecule has 2 aromatic heterocycles. The summed E-state index contributed by atoms with van der Waals surface area (Å²) >= 11 is 0. The number of hydrogen-bond acceptors (Lipinski definition) is 7. The molecule has 0 bridgehead atoms. The highest BCUT2D eigenvalue weighted by Gasteiger charge is 2.38. The van der Waals surface area contributed by atoms with Crippen molar-refractivity contribution in [1.82, 2.24) is 14.9 Å². The number of piperidine rings is 1. The molecule has 0 saturated carbocycles. The van der Waals surface area contributed by atoms with Gasteiger partial charge in [-0.25, -0.2) is 19.2 Å². The molecule has 1 aliphatic rings. The molecule has 1 fully saturated rings. The Balaban J connectivity index is 0.000000587. The lowest BCUT2D eigenvalue weighted by molar-refractivity contribution is -0.192. The molecular weight excluding hydrogens is 573 g/mol. The number of benzene rings is 1. The molecule has 0 atom stereocenters. The van der Waals surface area contributed by atoms with E-state index in [9.17, 15) is 30.4 Å². The second kappa shape index (κ2) is 13.2. The van der Waals surface area contributed by atoms with Crippen LogP contribution < -0.4 is 9.62 Å². The third kappa shape index (κ3) is 8.82. The van der Waals surface area contributed by atoms with Crippen LogP contribution in [0, 0.1) is 18.7 Å². The van der Waals surface area contributed by atoms with Gasteiger partial charge in [-0.1, -0.05) is 36.4 Å². The van der Waals surface area contributed by atoms with Gasteiger partial charge < -0.3 is 10.0 Å². The molecule has 3 heterocycles. The number of hydrogen-bond donors (Lipinski definition) is 2. The third-order valence-electron chi connectivity index (χ3n) is 6.29. The van der Waals surface area contributed by atoms with Crippen LogP contribution in [0.15, 0.2) is 59.6 Å². The van der Waals surface area contributed by atoms with Crippen molar-refractivity contribution in [3.8, 4) is 0 Å². The summed E-state index contributed by atoms with van der Waals surface area (Å²) in [6.45, 7) is 4.37. The first kappa shape index (κ1) is 31.7. The fourth-order valence-electron chi connectivity index (χ4n) is 4.25. The highest BCUT2D eigenvalue weighted by atomic mass is 32.2. The molecule has 0 aliphatic carbocycles. The number of anilines is 2. The number of aliphatic carboxylic acids is 1. The van der Waals surface area contributed by atoms with E-state index in [0.29, 0.717) is 11.4 Å². The highest BCUT2D eigenvalue weighted by Crippen LogP contribution is 2.28. The SMILES string of the molecule is Cc1nc(S(=O)(=O)Nc2cccc(F)n2)c(F)cc1N(C)C1CCN(Cc2ccccc2)CC1.O=C(O)C(F)(F)F. The fraction of sp³-hybridized carbons (Fsp3) is 0.346. The Bertz CT molecular complexity index is 1450. The summed E-state index contributed by atoms with van der Waals surface area (Å²) in [5.41, 5.74) is 2.21. The van der Waals surface area contributed by atoms with Crippen molar-refractivity contribution in [3.63, 3.8) is 0 Å². The van der Waals surface area contributed by atoms with Crippen LogP contribution in [0.1, 0.15) is 24.1 Å². The monoisotopic (exact) mass is 601 g/mol. The van der Waals surface area contributed by atoms with E-state index in [1.807, 2.05) is 30.1 Å². The number of carbonyl (C=O) groups is 1. The van der Waals surface area contributed by atoms with Gasteiger partial charge in [0, 0.05) is 38.8 Å². The van der Waals surface area contributed by atoms with E-state index in [4.69, 9.17) is 9.90 Å². The van der Waals surface area contributed by atoms with E-state index >= 15 is 0 Å². The average molecular weight is 602 g/mol. The minimum absolute atomic E-state index is 0.184. The lowest BCUT2D eigenvalue weighted by atomic mass is 10.0. The van der Waals surface area contributed by atoms with Crippen molar-refractivity contribution >= 4 is 27.5 Å². The maximum absolute atomic E-state index is 14.9. The smallest absolute Gasteiger partial charge is 0.475 e. The zero-order valence-electron chi connectivity index (χ0n) is 22.1. The van der Waals surface area contributed by atoms with Crippen molar-refractivity contribution in [2.24, 2.45) is 0 Å². The predicted molar refractivity (Wildman–Crippen MR) is 141 cm³/mol. The van der Waals surface area contributed by atoms with Gasteiger partial charge in [0.1, 0.15) is 5.82 Å². The first-order valence-corrected chi connectivity index (χ1v) is 13.8. The second-order valence-electron chi connectivity index (χ2n) is 9.24. The van der Waals surface area contributed by atoms with Gasteiger partial charge in [0.15, 0.2) is 5.82 Å². The molecule has 222 valence electrons. The minimum atomic E-state index is -5.08. The average Bonchev–Trinajstić information content (AvgIpc) is 2.90. The maximum Gasteiger partial charge on any atom is 0.490 e. The van der Waals surface area contributed by atoms with Crippen molar-refractivity contribution in [2.45, 2.75) is 43.6 Å². The second-order valence-corrected chi connectivity index (χ2v) is 10.8. The van der Waals surface area contributed by atoms with E-state index in [-0.39, 0.29) is 11.9 Å². The molecule has 0 radical (unpaired) electrons. The summed E-state index contributed by atoms with van der Waals surface area (Å²) in [6, 6.07) is 15.4. The number of nitrogens with zero attached hydrogens (tertiary/aromatic N) is 4. The third-order valence-corrected chi connectivity index (χ3v) is 7.57. The molecule has 0 spiro atoms. The minimum Gasteiger partial charge on any atom is -0.475 e. The molecule has 0 amide bonds. The van der Waals surface area contributed by atoms with E-state index in [0.717, 1.165) is 38.5 Å². The molecule has 1 aliphatic heterocycles. The first-order chi connectivity index (χ1) is 19.2. The topological polar surface area (TPSA) is 116 Å². The predicted octanol–water partition coefficient (Wildman–Crippen LogP) is 4.60. The van der Waals surface area contributed by atoms with Crippen molar-refractivity contribution in [3.05, 3.63) is 77.6 Å². The van der Waals surface area contributed by atoms with E-state index in [1.54, 1.807) is 6.92 Å². The summed E-state index contributed by atoms with van der Waals surface area (Å²) in [6.07, 6.45) is -3.28. The normalized spacial score (nSPS) is 14.6. The summed E-state index contributed by atoms with van der Waals surface area (Å²) in [5, 5.41) is 6.38. The quantitative estimate of drug-likeness (QED) is 0.298. The van der Waals surface area contributed by atoms with Gasteiger partial charge in [-0.3, -0.25) is 9.62 Å². The molecule has 4 rings (SSSR count). The first-order valence-electron chi connectivity index (χ1n) is 12.3. The number of pyridine rings is 2. The van der Waals surface area contributed by atoms with E-state index in [1.165, 1.54) is 23.8 Å². The number of aromatic nitrogens is 2. The van der Waals surface area contributed by atoms with Gasteiger partial charge in [-0.15, -0.1) is 0 Å². The van der Waals surface area contributed by atoms with Crippen LogP contribution in [0.2, 0.25) is 0 Å². The van der Waals surface area contributed by atoms with Crippen molar-refractivity contribution < 1.29 is 40.3 Å². The van der Waals surface area contributed by atoms with Crippen LogP contribution in [0.4, 0.5) is 33.5 Å². The number of alkyl halides is 3. The summed E-state index contributed by atoms with van der Waals surface area (Å²) < 4.78 is 87.4. The zero-order chi connectivity index (χ0) is 30.4. The Morgan fingerprint density at radius 2 is 1.68 bits per heavy atom. The Hall–Kier alpha value is -3.85. The molecule has 0 unspecified atom stereocenters. The van der Waals surface area contributed by atoms with Crippen LogP contribution >= 0.6 is 0 Å². The standard InChI is InChI=1S/C24H27F2N5O2S.C2HF3O2/c1-17-21(30(2)19-11-13-31(14-12-19)16-18-7-4-3-5-8-18)15-20(25)24(27-17)34(32,33)29-23-10-6-9-22(26)28-23;3-2(4,5)1(6)7/h3-10,15,19H,11-14,16H2,1-2H3,(H,28,29);(H,6,7). The number of halogens is 5. The fourth-order valence-corrected chi connectivity index (χ4v) is 5.31. The highest BCUT2D eigenvalue weighted by molar-refractivity contribution is 7.92. The maximum atomic E-state index is 14.9. The Morgan fingerprint density at radius 1 is 1.07 bits per heavy atom. The van der Waals surface area contributed by atoms with Gasteiger partial charge in [0.05, 0.1) is 11.4 Å². The molecule has 1 aromatic carbocycles. The van der Waals surface area contributed by atoms with Crippen LogP contribution in [0.25, 0.3) is 0 Å². The van der Waals surface area contributed by atoms with E-state index in [2.05, 4.69) is 31.7 Å². The number of rotatable bonds is 7. The Kier molecular flexibility index (Phi) is 10.2. The van der Waals surface area contributed by atoms with Crippen LogP contribution in [-0.2, 0) is 21.4 Å². The number of likely N-dealkylation sites (tertiary alicyclic amines) is 1.